The Balaban J connectivity index is 1.63. The summed E-state index contributed by atoms with van der Waals surface area (Å²) < 4.78 is 0. The number of fused-ring (bicyclic) bond motifs is 1. The fourth-order valence-corrected chi connectivity index (χ4v) is 4.55. The lowest BCUT2D eigenvalue weighted by molar-refractivity contribution is 0.0507. The van der Waals surface area contributed by atoms with Crippen LogP contribution in [0.25, 0.3) is 22.2 Å². The highest BCUT2D eigenvalue weighted by Crippen LogP contribution is 2.31. The molecule has 3 aromatic rings. The van der Waals surface area contributed by atoms with Crippen LogP contribution in [-0.4, -0.2) is 64.1 Å². The molecule has 0 bridgehead atoms. The zero-order chi connectivity index (χ0) is 24.6. The number of carbonyl (C=O) groups excluding carboxylic acids is 1. The summed E-state index contributed by atoms with van der Waals surface area (Å²) in [5.74, 6) is -0.143. The molecule has 0 spiro atoms. The lowest BCUT2D eigenvalue weighted by atomic mass is 9.84. The van der Waals surface area contributed by atoms with E-state index in [1.54, 1.807) is 17.0 Å². The number of benzene rings is 2. The molecule has 1 fully saturated rings. The molecule has 0 aliphatic carbocycles. The van der Waals surface area contributed by atoms with Crippen molar-refractivity contribution in [3.8, 4) is 11.3 Å². The van der Waals surface area contributed by atoms with E-state index in [9.17, 15) is 14.7 Å². The van der Waals surface area contributed by atoms with Crippen molar-refractivity contribution in [1.82, 2.24) is 14.8 Å². The zero-order valence-corrected chi connectivity index (χ0v) is 20.3. The molecule has 2 aromatic carbocycles. The van der Waals surface area contributed by atoms with Crippen LogP contribution < -0.4 is 5.73 Å². The minimum atomic E-state index is -0.962. The van der Waals surface area contributed by atoms with Gasteiger partial charge in [0, 0.05) is 54.1 Å². The molecule has 8 heteroatoms. The van der Waals surface area contributed by atoms with Crippen molar-refractivity contribution in [3.63, 3.8) is 0 Å². The van der Waals surface area contributed by atoms with Crippen LogP contribution in [-0.2, 0) is 5.41 Å². The van der Waals surface area contributed by atoms with E-state index < -0.39 is 6.09 Å². The largest absolute Gasteiger partial charge is 0.465 e. The van der Waals surface area contributed by atoms with Gasteiger partial charge in [-0.3, -0.25) is 4.79 Å². The first-order valence-corrected chi connectivity index (χ1v) is 11.7. The Kier molecular flexibility index (Phi) is 6.51. The van der Waals surface area contributed by atoms with E-state index in [4.69, 9.17) is 22.3 Å². The van der Waals surface area contributed by atoms with Crippen molar-refractivity contribution in [3.05, 3.63) is 64.7 Å². The monoisotopic (exact) mass is 480 g/mol. The summed E-state index contributed by atoms with van der Waals surface area (Å²) in [6, 6.07) is 15.0. The highest BCUT2D eigenvalue weighted by atomic mass is 35.5. The van der Waals surface area contributed by atoms with Crippen LogP contribution in [0, 0.1) is 0 Å². The predicted octanol–water partition coefficient (Wildman–Crippen LogP) is 4.62. The molecule has 0 radical (unpaired) electrons. The molecule has 2 heterocycles. The van der Waals surface area contributed by atoms with Crippen LogP contribution in [0.4, 0.5) is 4.79 Å². The molecule has 0 saturated carbocycles. The summed E-state index contributed by atoms with van der Waals surface area (Å²) in [5, 5.41) is 10.6. The van der Waals surface area contributed by atoms with E-state index in [1.807, 2.05) is 31.2 Å². The van der Waals surface area contributed by atoms with Gasteiger partial charge < -0.3 is 20.6 Å². The molecule has 4 rings (SSSR count). The third-order valence-electron chi connectivity index (χ3n) is 6.64. The maximum Gasteiger partial charge on any atom is 0.407 e. The van der Waals surface area contributed by atoms with Gasteiger partial charge in [-0.15, -0.1) is 0 Å². The van der Waals surface area contributed by atoms with Crippen LogP contribution in [0.15, 0.2) is 48.5 Å². The number of hydrogen-bond donors (Lipinski definition) is 2. The van der Waals surface area contributed by atoms with Crippen LogP contribution >= 0.6 is 11.6 Å². The third-order valence-corrected chi connectivity index (χ3v) is 6.95. The molecule has 1 saturated heterocycles. The quantitative estimate of drug-likeness (QED) is 0.567. The van der Waals surface area contributed by atoms with Crippen molar-refractivity contribution in [2.75, 3.05) is 26.2 Å². The van der Waals surface area contributed by atoms with Crippen LogP contribution in [0.3, 0.4) is 0 Å². The number of piperazine rings is 1. The van der Waals surface area contributed by atoms with Gasteiger partial charge in [-0.1, -0.05) is 55.8 Å². The summed E-state index contributed by atoms with van der Waals surface area (Å²) in [6.45, 7) is 7.56. The van der Waals surface area contributed by atoms with Gasteiger partial charge >= 0.3 is 6.09 Å². The number of carbonyl (C=O) groups is 2. The zero-order valence-electron chi connectivity index (χ0n) is 19.6. The summed E-state index contributed by atoms with van der Waals surface area (Å²) in [6.07, 6.45) is -0.962. The van der Waals surface area contributed by atoms with Gasteiger partial charge in [0.05, 0.1) is 16.2 Å². The smallest absolute Gasteiger partial charge is 0.407 e. The Labute approximate surface area is 204 Å². The van der Waals surface area contributed by atoms with E-state index in [0.29, 0.717) is 42.3 Å². The third kappa shape index (κ3) is 4.58. The predicted molar refractivity (Wildman–Crippen MR) is 134 cm³/mol. The summed E-state index contributed by atoms with van der Waals surface area (Å²) >= 11 is 6.57. The summed E-state index contributed by atoms with van der Waals surface area (Å²) in [4.78, 5) is 32.3. The van der Waals surface area contributed by atoms with Crippen LogP contribution in [0.1, 0.15) is 36.7 Å². The molecule has 7 nitrogen and oxygen atoms in total. The van der Waals surface area contributed by atoms with Crippen LogP contribution in [0.2, 0.25) is 5.02 Å². The van der Waals surface area contributed by atoms with Gasteiger partial charge in [0.25, 0.3) is 5.91 Å². The maximum absolute atomic E-state index is 13.2. The van der Waals surface area contributed by atoms with E-state index in [-0.39, 0.29) is 17.4 Å². The Morgan fingerprint density at radius 1 is 1.15 bits per heavy atom. The molecule has 1 atom stereocenters. The minimum absolute atomic E-state index is 0.115. The number of hydrogen-bond acceptors (Lipinski definition) is 4. The SMILES string of the molecule is C[C@@H]1CN(C(=O)c2ccc3c(Cl)cc(-c4ccc(C(C)(C)CN)cc4)nc3c2)CCN1C(=O)O. The number of nitrogens with zero attached hydrogens (tertiary/aromatic N) is 3. The molecular weight excluding hydrogens is 452 g/mol. The fraction of sp³-hybridized carbons (Fsp3) is 0.346. The Morgan fingerprint density at radius 2 is 1.85 bits per heavy atom. The first-order valence-electron chi connectivity index (χ1n) is 11.3. The molecule has 3 N–H and O–H groups in total. The molecule has 0 unspecified atom stereocenters. The molecule has 178 valence electrons. The maximum atomic E-state index is 13.2. The van der Waals surface area contributed by atoms with Gasteiger partial charge in [-0.2, -0.15) is 0 Å². The average Bonchev–Trinajstić information content (AvgIpc) is 2.83. The van der Waals surface area contributed by atoms with Crippen molar-refractivity contribution in [2.24, 2.45) is 5.73 Å². The number of rotatable bonds is 4. The Bertz CT molecular complexity index is 1240. The molecular formula is C26H29ClN4O3. The first-order chi connectivity index (χ1) is 16.1. The summed E-state index contributed by atoms with van der Waals surface area (Å²) in [5.41, 5.74) is 9.73. The number of nitrogens with two attached hydrogens (primary N) is 1. The van der Waals surface area contributed by atoms with Crippen molar-refractivity contribution < 1.29 is 14.7 Å². The lowest BCUT2D eigenvalue weighted by Crippen LogP contribution is -2.55. The standard InChI is InChI=1S/C26H29ClN4O3/c1-16-14-30(10-11-31(16)25(33)34)24(32)18-6-9-20-21(27)13-22(29-23(20)12-18)17-4-7-19(8-5-17)26(2,3)15-28/h4-9,12-13,16H,10-11,14-15,28H2,1-3H3,(H,33,34)/t16-/m1/s1. The normalized spacial score (nSPS) is 16.7. The topological polar surface area (TPSA) is 99.8 Å². The number of halogens is 1. The first kappa shape index (κ1) is 24.0. The van der Waals surface area contributed by atoms with E-state index in [0.717, 1.165) is 22.2 Å². The highest BCUT2D eigenvalue weighted by molar-refractivity contribution is 6.35. The van der Waals surface area contributed by atoms with Gasteiger partial charge in [0.15, 0.2) is 0 Å². The second-order valence-electron chi connectivity index (χ2n) is 9.46. The Hall–Kier alpha value is -3.16. The lowest BCUT2D eigenvalue weighted by Gasteiger charge is -2.38. The average molecular weight is 481 g/mol. The minimum Gasteiger partial charge on any atom is -0.465 e. The van der Waals surface area contributed by atoms with Gasteiger partial charge in [0.1, 0.15) is 0 Å². The van der Waals surface area contributed by atoms with Crippen molar-refractivity contribution >= 4 is 34.5 Å². The van der Waals surface area contributed by atoms with Gasteiger partial charge in [-0.05, 0) is 30.7 Å². The molecule has 1 aliphatic rings. The van der Waals surface area contributed by atoms with E-state index in [1.165, 1.54) is 4.90 Å². The second kappa shape index (κ2) is 9.24. The van der Waals surface area contributed by atoms with Gasteiger partial charge in [0.2, 0.25) is 0 Å². The summed E-state index contributed by atoms with van der Waals surface area (Å²) in [7, 11) is 0. The molecule has 34 heavy (non-hydrogen) atoms. The fourth-order valence-electron chi connectivity index (χ4n) is 4.29. The molecule has 1 aromatic heterocycles. The van der Waals surface area contributed by atoms with E-state index >= 15 is 0 Å². The van der Waals surface area contributed by atoms with Crippen molar-refractivity contribution in [2.45, 2.75) is 32.2 Å². The molecule has 1 aliphatic heterocycles. The molecule has 2 amide bonds. The van der Waals surface area contributed by atoms with E-state index in [2.05, 4.69) is 26.0 Å². The highest BCUT2D eigenvalue weighted by Gasteiger charge is 2.30. The number of pyridine rings is 1. The number of aromatic nitrogens is 1. The van der Waals surface area contributed by atoms with Gasteiger partial charge in [-0.25, -0.2) is 9.78 Å². The number of carboxylic acid groups (broad SMARTS) is 1. The van der Waals surface area contributed by atoms with Crippen molar-refractivity contribution in [1.29, 1.82) is 0 Å². The second-order valence-corrected chi connectivity index (χ2v) is 9.87. The number of amides is 2. The Morgan fingerprint density at radius 3 is 2.47 bits per heavy atom. The van der Waals surface area contributed by atoms with Crippen LogP contribution in [0.5, 0.6) is 0 Å².